The van der Waals surface area contributed by atoms with Crippen molar-refractivity contribution in [3.05, 3.63) is 18.4 Å². The molecule has 1 aliphatic heterocycles. The molecule has 0 spiro atoms. The molecule has 0 aromatic carbocycles. The molecule has 4 unspecified atom stereocenters. The van der Waals surface area contributed by atoms with Gasteiger partial charge in [-0.05, 0) is 38.1 Å². The Balaban J connectivity index is 1.87. The summed E-state index contributed by atoms with van der Waals surface area (Å²) in [6.45, 7) is 2.68. The third kappa shape index (κ3) is 2.35. The van der Waals surface area contributed by atoms with Crippen LogP contribution in [0.1, 0.15) is 38.5 Å². The molecule has 1 amide bonds. The summed E-state index contributed by atoms with van der Waals surface area (Å²) in [5.74, 6) is 1.84. The van der Waals surface area contributed by atoms with Crippen molar-refractivity contribution in [2.75, 3.05) is 7.05 Å². The molecule has 20 heavy (non-hydrogen) atoms. The van der Waals surface area contributed by atoms with E-state index in [1.165, 1.54) is 12.8 Å². The van der Waals surface area contributed by atoms with E-state index in [2.05, 4.69) is 17.2 Å². The molecule has 4 atom stereocenters. The third-order valence-electron chi connectivity index (χ3n) is 4.91. The highest BCUT2D eigenvalue weighted by Gasteiger charge is 2.43. The Labute approximate surface area is 119 Å². The Morgan fingerprint density at radius 3 is 3.05 bits per heavy atom. The van der Waals surface area contributed by atoms with Crippen molar-refractivity contribution in [2.45, 2.75) is 51.2 Å². The zero-order valence-electron chi connectivity index (χ0n) is 12.2. The Kier molecular flexibility index (Phi) is 3.78. The van der Waals surface area contributed by atoms with Gasteiger partial charge in [-0.2, -0.15) is 0 Å². The number of hydrogen-bond acceptors (Lipinski definition) is 4. The summed E-state index contributed by atoms with van der Waals surface area (Å²) in [5.41, 5.74) is 0. The van der Waals surface area contributed by atoms with Gasteiger partial charge in [0.1, 0.15) is 6.26 Å². The summed E-state index contributed by atoms with van der Waals surface area (Å²) in [6, 6.07) is 0.269. The van der Waals surface area contributed by atoms with Gasteiger partial charge in [-0.1, -0.05) is 13.3 Å². The molecule has 5 nitrogen and oxygen atoms in total. The fourth-order valence-corrected chi connectivity index (χ4v) is 3.98. The summed E-state index contributed by atoms with van der Waals surface area (Å²) in [7, 11) is 1.88. The van der Waals surface area contributed by atoms with Crippen molar-refractivity contribution in [3.63, 3.8) is 0 Å². The first kappa shape index (κ1) is 13.6. The van der Waals surface area contributed by atoms with Crippen LogP contribution in [0.2, 0.25) is 0 Å². The van der Waals surface area contributed by atoms with Crippen molar-refractivity contribution in [1.82, 2.24) is 15.2 Å². The molecule has 110 valence electrons. The summed E-state index contributed by atoms with van der Waals surface area (Å²) >= 11 is 0. The van der Waals surface area contributed by atoms with Gasteiger partial charge in [-0.25, -0.2) is 4.98 Å². The van der Waals surface area contributed by atoms with Gasteiger partial charge in [-0.15, -0.1) is 0 Å². The van der Waals surface area contributed by atoms with Crippen LogP contribution in [0.3, 0.4) is 0 Å². The topological polar surface area (TPSA) is 58.4 Å². The molecule has 2 heterocycles. The van der Waals surface area contributed by atoms with E-state index >= 15 is 0 Å². The molecule has 0 bridgehead atoms. The number of carbonyl (C=O) groups is 1. The second-order valence-electron chi connectivity index (χ2n) is 6.13. The first-order valence-corrected chi connectivity index (χ1v) is 7.57. The summed E-state index contributed by atoms with van der Waals surface area (Å²) in [6.07, 6.45) is 7.91. The van der Waals surface area contributed by atoms with E-state index in [0.717, 1.165) is 12.8 Å². The fraction of sp³-hybridized carbons (Fsp3) is 0.733. The van der Waals surface area contributed by atoms with Gasteiger partial charge in [0.15, 0.2) is 0 Å². The molecule has 5 heteroatoms. The Morgan fingerprint density at radius 1 is 1.50 bits per heavy atom. The van der Waals surface area contributed by atoms with Gasteiger partial charge in [0.05, 0.1) is 18.8 Å². The molecular formula is C15H23N3O2. The van der Waals surface area contributed by atoms with Crippen LogP contribution in [-0.2, 0) is 11.3 Å². The number of nitrogens with one attached hydrogen (secondary N) is 1. The normalized spacial score (nSPS) is 34.1. The third-order valence-corrected chi connectivity index (χ3v) is 4.91. The molecule has 3 rings (SSSR count). The minimum absolute atomic E-state index is 0.0874. The van der Waals surface area contributed by atoms with Crippen molar-refractivity contribution in [1.29, 1.82) is 0 Å². The maximum atomic E-state index is 12.8. The number of hydrogen-bond donors (Lipinski definition) is 1. The van der Waals surface area contributed by atoms with E-state index in [0.29, 0.717) is 30.3 Å². The van der Waals surface area contributed by atoms with E-state index < -0.39 is 0 Å². The number of nitrogens with zero attached hydrogens (tertiary/aromatic N) is 2. The monoisotopic (exact) mass is 277 g/mol. The van der Waals surface area contributed by atoms with Crippen molar-refractivity contribution in [3.8, 4) is 0 Å². The lowest BCUT2D eigenvalue weighted by atomic mass is 9.90. The fourth-order valence-electron chi connectivity index (χ4n) is 3.98. The second-order valence-corrected chi connectivity index (χ2v) is 6.13. The largest absolute Gasteiger partial charge is 0.447 e. The Bertz CT molecular complexity index is 460. The Morgan fingerprint density at radius 2 is 2.35 bits per heavy atom. The van der Waals surface area contributed by atoms with E-state index in [4.69, 9.17) is 4.42 Å². The lowest BCUT2D eigenvalue weighted by molar-refractivity contribution is -0.137. The highest BCUT2D eigenvalue weighted by molar-refractivity contribution is 5.82. The zero-order chi connectivity index (χ0) is 14.1. The number of oxazole rings is 1. The molecular weight excluding hydrogens is 254 g/mol. The van der Waals surface area contributed by atoms with Gasteiger partial charge in [0.2, 0.25) is 11.8 Å². The molecule has 2 fully saturated rings. The molecule has 1 saturated carbocycles. The summed E-state index contributed by atoms with van der Waals surface area (Å²) in [5, 5.41) is 3.20. The van der Waals surface area contributed by atoms with Crippen LogP contribution < -0.4 is 5.32 Å². The average Bonchev–Trinajstić information content (AvgIpc) is 3.06. The number of rotatable bonds is 3. The molecule has 1 aromatic rings. The van der Waals surface area contributed by atoms with Gasteiger partial charge in [0, 0.05) is 6.04 Å². The standard InChI is InChI=1S/C15H23N3O2/c1-10-8-11-4-3-5-12(11)18(15(19)14(10)16-2)9-13-17-6-7-20-13/h6-7,10-12,14,16H,3-5,8-9H2,1-2H3. The summed E-state index contributed by atoms with van der Waals surface area (Å²) in [4.78, 5) is 19.0. The maximum absolute atomic E-state index is 12.8. The van der Waals surface area contributed by atoms with Crippen LogP contribution in [0.5, 0.6) is 0 Å². The SMILES string of the molecule is CNC1C(=O)N(Cc2ncco2)C2CCCC2CC1C. The van der Waals surface area contributed by atoms with Crippen LogP contribution in [0.25, 0.3) is 0 Å². The van der Waals surface area contributed by atoms with E-state index in [9.17, 15) is 4.79 Å². The number of fused-ring (bicyclic) bond motifs is 1. The lowest BCUT2D eigenvalue weighted by Gasteiger charge is -2.31. The molecule has 1 saturated heterocycles. The average molecular weight is 277 g/mol. The summed E-state index contributed by atoms with van der Waals surface area (Å²) < 4.78 is 5.34. The predicted molar refractivity (Wildman–Crippen MR) is 74.8 cm³/mol. The molecule has 1 aromatic heterocycles. The zero-order valence-corrected chi connectivity index (χ0v) is 12.2. The van der Waals surface area contributed by atoms with Crippen LogP contribution in [0, 0.1) is 11.8 Å². The highest BCUT2D eigenvalue weighted by atomic mass is 16.3. The van der Waals surface area contributed by atoms with Crippen molar-refractivity contribution < 1.29 is 9.21 Å². The van der Waals surface area contributed by atoms with E-state index in [-0.39, 0.29) is 11.9 Å². The number of carbonyl (C=O) groups excluding carboxylic acids is 1. The Hall–Kier alpha value is -1.36. The van der Waals surface area contributed by atoms with Gasteiger partial charge in [0.25, 0.3) is 0 Å². The number of aromatic nitrogens is 1. The molecule has 1 N–H and O–H groups in total. The quantitative estimate of drug-likeness (QED) is 0.915. The highest BCUT2D eigenvalue weighted by Crippen LogP contribution is 2.39. The number of amides is 1. The van der Waals surface area contributed by atoms with Gasteiger partial charge in [-0.3, -0.25) is 4.79 Å². The molecule has 2 aliphatic rings. The van der Waals surface area contributed by atoms with E-state index in [1.54, 1.807) is 12.5 Å². The van der Waals surface area contributed by atoms with Crippen LogP contribution in [-0.4, -0.2) is 34.9 Å². The smallest absolute Gasteiger partial charge is 0.240 e. The maximum Gasteiger partial charge on any atom is 0.240 e. The first-order valence-electron chi connectivity index (χ1n) is 7.57. The number of likely N-dealkylation sites (tertiary alicyclic amines) is 1. The van der Waals surface area contributed by atoms with Crippen molar-refractivity contribution >= 4 is 5.91 Å². The minimum atomic E-state index is -0.0874. The lowest BCUT2D eigenvalue weighted by Crippen LogP contribution is -2.49. The van der Waals surface area contributed by atoms with Crippen LogP contribution in [0.4, 0.5) is 0 Å². The van der Waals surface area contributed by atoms with Gasteiger partial charge < -0.3 is 14.6 Å². The second kappa shape index (κ2) is 5.56. The van der Waals surface area contributed by atoms with Gasteiger partial charge >= 0.3 is 0 Å². The molecule has 1 aliphatic carbocycles. The first-order chi connectivity index (χ1) is 9.70. The molecule has 0 radical (unpaired) electrons. The van der Waals surface area contributed by atoms with Crippen molar-refractivity contribution in [2.24, 2.45) is 11.8 Å². The predicted octanol–water partition coefficient (Wildman–Crippen LogP) is 1.80. The number of likely N-dealkylation sites (N-methyl/N-ethyl adjacent to an activating group) is 1. The minimum Gasteiger partial charge on any atom is -0.447 e. The van der Waals surface area contributed by atoms with Crippen LogP contribution >= 0.6 is 0 Å². The van der Waals surface area contributed by atoms with Crippen LogP contribution in [0.15, 0.2) is 16.9 Å². The van der Waals surface area contributed by atoms with E-state index in [1.807, 2.05) is 11.9 Å².